The molecular weight excluding hydrogens is 390 g/mol. The first-order valence-corrected chi connectivity index (χ1v) is 11.3. The fourth-order valence-corrected chi connectivity index (χ4v) is 4.20. The summed E-state index contributed by atoms with van der Waals surface area (Å²) in [5.74, 6) is 0.960. The SMILES string of the molecule is CN(C)[C@H](CCOc1ccc(CC=Cc2ccccc2)c2ccccc12)c1ccccc1. The molecule has 0 unspecified atom stereocenters. The zero-order chi connectivity index (χ0) is 22.2. The fraction of sp³-hybridized carbons (Fsp3) is 0.200. The molecule has 1 atom stereocenters. The maximum Gasteiger partial charge on any atom is 0.127 e. The monoisotopic (exact) mass is 421 g/mol. The first-order valence-electron chi connectivity index (χ1n) is 11.3. The maximum absolute atomic E-state index is 6.31. The van der Waals surface area contributed by atoms with Gasteiger partial charge in [0.1, 0.15) is 5.75 Å². The molecular formula is C30H31NO. The molecule has 0 fully saturated rings. The molecule has 0 saturated heterocycles. The van der Waals surface area contributed by atoms with Gasteiger partial charge in [0, 0.05) is 17.8 Å². The summed E-state index contributed by atoms with van der Waals surface area (Å²) in [5.41, 5.74) is 3.87. The lowest BCUT2D eigenvalue weighted by atomic mass is 10.0. The van der Waals surface area contributed by atoms with Crippen molar-refractivity contribution in [1.82, 2.24) is 4.90 Å². The predicted octanol–water partition coefficient (Wildman–Crippen LogP) is 7.17. The van der Waals surface area contributed by atoms with Gasteiger partial charge in [0.2, 0.25) is 0 Å². The maximum atomic E-state index is 6.31. The third kappa shape index (κ3) is 5.46. The van der Waals surface area contributed by atoms with E-state index in [9.17, 15) is 0 Å². The highest BCUT2D eigenvalue weighted by Gasteiger charge is 2.14. The molecule has 0 heterocycles. The van der Waals surface area contributed by atoms with Crippen molar-refractivity contribution in [3.63, 3.8) is 0 Å². The highest BCUT2D eigenvalue weighted by atomic mass is 16.5. The van der Waals surface area contributed by atoms with Crippen LogP contribution >= 0.6 is 0 Å². The zero-order valence-corrected chi connectivity index (χ0v) is 18.9. The molecule has 2 heteroatoms. The van der Waals surface area contributed by atoms with E-state index in [-0.39, 0.29) is 0 Å². The first-order chi connectivity index (χ1) is 15.7. The summed E-state index contributed by atoms with van der Waals surface area (Å²) < 4.78 is 6.31. The number of allylic oxidation sites excluding steroid dienone is 1. The molecule has 2 nitrogen and oxygen atoms in total. The molecule has 162 valence electrons. The molecule has 0 aliphatic rings. The van der Waals surface area contributed by atoms with E-state index in [1.807, 2.05) is 6.07 Å². The topological polar surface area (TPSA) is 12.5 Å². The number of rotatable bonds is 9. The second kappa shape index (κ2) is 10.8. The third-order valence-corrected chi connectivity index (χ3v) is 5.88. The average molecular weight is 422 g/mol. The molecule has 4 rings (SSSR count). The van der Waals surface area contributed by atoms with Crippen LogP contribution < -0.4 is 4.74 Å². The number of hydrogen-bond acceptors (Lipinski definition) is 2. The Bertz CT molecular complexity index is 1150. The van der Waals surface area contributed by atoms with Crippen molar-refractivity contribution < 1.29 is 4.74 Å². The summed E-state index contributed by atoms with van der Waals surface area (Å²) in [4.78, 5) is 2.26. The highest BCUT2D eigenvalue weighted by molar-refractivity contribution is 5.91. The van der Waals surface area contributed by atoms with Crippen molar-refractivity contribution in [3.05, 3.63) is 120 Å². The molecule has 0 radical (unpaired) electrons. The van der Waals surface area contributed by atoms with Crippen LogP contribution in [0.4, 0.5) is 0 Å². The molecule has 0 bridgehead atoms. The minimum atomic E-state index is 0.338. The summed E-state index contributed by atoms with van der Waals surface area (Å²) in [6.45, 7) is 0.676. The van der Waals surface area contributed by atoms with Crippen LogP contribution in [0.3, 0.4) is 0 Å². The van der Waals surface area contributed by atoms with Crippen molar-refractivity contribution in [1.29, 1.82) is 0 Å². The molecule has 0 aromatic heterocycles. The van der Waals surface area contributed by atoms with Gasteiger partial charge in [-0.2, -0.15) is 0 Å². The summed E-state index contributed by atoms with van der Waals surface area (Å²) >= 11 is 0. The Kier molecular flexibility index (Phi) is 7.37. The van der Waals surface area contributed by atoms with E-state index in [0.717, 1.165) is 18.6 Å². The van der Waals surface area contributed by atoms with Gasteiger partial charge in [-0.05, 0) is 48.7 Å². The smallest absolute Gasteiger partial charge is 0.127 e. The van der Waals surface area contributed by atoms with E-state index in [2.05, 4.69) is 122 Å². The van der Waals surface area contributed by atoms with Crippen LogP contribution in [-0.4, -0.2) is 25.6 Å². The largest absolute Gasteiger partial charge is 0.493 e. The lowest BCUT2D eigenvalue weighted by Gasteiger charge is -2.25. The van der Waals surface area contributed by atoms with Gasteiger partial charge < -0.3 is 9.64 Å². The average Bonchev–Trinajstić information content (AvgIpc) is 2.83. The minimum Gasteiger partial charge on any atom is -0.493 e. The lowest BCUT2D eigenvalue weighted by Crippen LogP contribution is -2.22. The molecule has 0 spiro atoms. The van der Waals surface area contributed by atoms with Crippen LogP contribution in [0.1, 0.15) is 29.2 Å². The number of hydrogen-bond donors (Lipinski definition) is 0. The van der Waals surface area contributed by atoms with Crippen LogP contribution in [0.25, 0.3) is 16.8 Å². The quantitative estimate of drug-likeness (QED) is 0.284. The number of nitrogens with zero attached hydrogens (tertiary/aromatic N) is 1. The van der Waals surface area contributed by atoms with Crippen molar-refractivity contribution >= 4 is 16.8 Å². The normalized spacial score (nSPS) is 12.5. The Morgan fingerprint density at radius 2 is 1.41 bits per heavy atom. The highest BCUT2D eigenvalue weighted by Crippen LogP contribution is 2.30. The van der Waals surface area contributed by atoms with Crippen LogP contribution in [0.15, 0.2) is 103 Å². The Morgan fingerprint density at radius 1 is 0.750 bits per heavy atom. The van der Waals surface area contributed by atoms with Crippen molar-refractivity contribution in [3.8, 4) is 5.75 Å². The lowest BCUT2D eigenvalue weighted by molar-refractivity contribution is 0.225. The molecule has 0 saturated carbocycles. The molecule has 0 aliphatic carbocycles. The standard InChI is InChI=1S/C30H31NO/c1-31(2)29(26-15-7-4-8-16-26)22-23-32-30-21-20-25(27-18-9-10-19-28(27)30)17-11-14-24-12-5-3-6-13-24/h3-16,18-21,29H,17,22-23H2,1-2H3/t29-/m1/s1. The molecule has 0 N–H and O–H groups in total. The van der Waals surface area contributed by atoms with Gasteiger partial charge in [-0.1, -0.05) is 103 Å². The van der Waals surface area contributed by atoms with Crippen LogP contribution in [0.5, 0.6) is 5.75 Å². The number of ether oxygens (including phenoxy) is 1. The second-order valence-corrected chi connectivity index (χ2v) is 8.31. The molecule has 4 aromatic carbocycles. The van der Waals surface area contributed by atoms with E-state index in [1.165, 1.54) is 27.5 Å². The van der Waals surface area contributed by atoms with Gasteiger partial charge in [0.25, 0.3) is 0 Å². The van der Waals surface area contributed by atoms with E-state index in [0.29, 0.717) is 12.6 Å². The predicted molar refractivity (Wildman–Crippen MR) is 136 cm³/mol. The zero-order valence-electron chi connectivity index (χ0n) is 18.9. The van der Waals surface area contributed by atoms with E-state index in [1.54, 1.807) is 0 Å². The van der Waals surface area contributed by atoms with Crippen molar-refractivity contribution in [2.45, 2.75) is 18.9 Å². The molecule has 4 aromatic rings. The van der Waals surface area contributed by atoms with E-state index < -0.39 is 0 Å². The molecule has 0 aliphatic heterocycles. The molecule has 32 heavy (non-hydrogen) atoms. The van der Waals surface area contributed by atoms with Gasteiger partial charge in [-0.15, -0.1) is 0 Å². The Morgan fingerprint density at radius 3 is 2.12 bits per heavy atom. The Balaban J connectivity index is 1.47. The van der Waals surface area contributed by atoms with Gasteiger partial charge in [0.15, 0.2) is 0 Å². The van der Waals surface area contributed by atoms with Crippen LogP contribution in [0.2, 0.25) is 0 Å². The van der Waals surface area contributed by atoms with Crippen LogP contribution in [-0.2, 0) is 6.42 Å². The summed E-state index contributed by atoms with van der Waals surface area (Å²) in [5, 5.41) is 2.44. The number of fused-ring (bicyclic) bond motifs is 1. The van der Waals surface area contributed by atoms with Crippen LogP contribution in [0, 0.1) is 0 Å². The van der Waals surface area contributed by atoms with Gasteiger partial charge in [-0.25, -0.2) is 0 Å². The fourth-order valence-electron chi connectivity index (χ4n) is 4.20. The van der Waals surface area contributed by atoms with Gasteiger partial charge in [-0.3, -0.25) is 0 Å². The van der Waals surface area contributed by atoms with Gasteiger partial charge >= 0.3 is 0 Å². The summed E-state index contributed by atoms with van der Waals surface area (Å²) in [6, 6.07) is 34.3. The van der Waals surface area contributed by atoms with Gasteiger partial charge in [0.05, 0.1) is 6.61 Å². The van der Waals surface area contributed by atoms with E-state index in [4.69, 9.17) is 4.74 Å². The van der Waals surface area contributed by atoms with Crippen molar-refractivity contribution in [2.75, 3.05) is 20.7 Å². The number of benzene rings is 4. The van der Waals surface area contributed by atoms with E-state index >= 15 is 0 Å². The molecule has 0 amide bonds. The Labute approximate surface area is 191 Å². The summed E-state index contributed by atoms with van der Waals surface area (Å²) in [7, 11) is 4.26. The second-order valence-electron chi connectivity index (χ2n) is 8.31. The first kappa shape index (κ1) is 21.9. The Hall–Kier alpha value is -3.36. The summed E-state index contributed by atoms with van der Waals surface area (Å²) in [6.07, 6.45) is 6.25. The third-order valence-electron chi connectivity index (χ3n) is 5.88. The van der Waals surface area contributed by atoms with Crippen molar-refractivity contribution in [2.24, 2.45) is 0 Å². The minimum absolute atomic E-state index is 0.338.